The number of nitrogens with zero attached hydrogens (tertiary/aromatic N) is 2. The van der Waals surface area contributed by atoms with Crippen molar-refractivity contribution in [2.45, 2.75) is 0 Å². The van der Waals surface area contributed by atoms with E-state index in [2.05, 4.69) is 20.3 Å². The summed E-state index contributed by atoms with van der Waals surface area (Å²) in [5.41, 5.74) is 2.49. The van der Waals surface area contributed by atoms with Crippen LogP contribution in [0.4, 0.5) is 5.95 Å². The largest absolute Gasteiger partial charge is 0.277 e. The van der Waals surface area contributed by atoms with Crippen LogP contribution in [0.1, 0.15) is 0 Å². The van der Waals surface area contributed by atoms with Gasteiger partial charge in [-0.25, -0.2) is 15.4 Å². The van der Waals surface area contributed by atoms with Crippen molar-refractivity contribution in [3.8, 4) is 0 Å². The van der Waals surface area contributed by atoms with Crippen LogP contribution in [0, 0.1) is 0 Å². The van der Waals surface area contributed by atoms with Crippen molar-refractivity contribution in [1.29, 1.82) is 0 Å². The summed E-state index contributed by atoms with van der Waals surface area (Å²) >= 11 is 0. The molecule has 1 heterocycles. The lowest BCUT2D eigenvalue weighted by atomic mass is 10.7. The second-order valence-corrected chi connectivity index (χ2v) is 1.38. The fraction of sp³-hybridized carbons (Fsp3) is 0.200. The summed E-state index contributed by atoms with van der Waals surface area (Å²) in [7, 11) is 1.51. The van der Waals surface area contributed by atoms with Gasteiger partial charge >= 0.3 is 0 Å². The molecule has 0 atom stereocenters. The van der Waals surface area contributed by atoms with Crippen molar-refractivity contribution in [2.75, 3.05) is 12.6 Å². The van der Waals surface area contributed by atoms with E-state index in [-0.39, 0.29) is 0 Å². The maximum Gasteiger partial charge on any atom is 0.247 e. The number of rotatable bonds is 2. The highest BCUT2D eigenvalue weighted by molar-refractivity contribution is 5.17. The summed E-state index contributed by atoms with van der Waals surface area (Å²) in [4.78, 5) is 12.2. The van der Waals surface area contributed by atoms with Gasteiger partial charge in [0.1, 0.15) is 0 Å². The van der Waals surface area contributed by atoms with Crippen LogP contribution >= 0.6 is 0 Å². The number of anilines is 1. The van der Waals surface area contributed by atoms with E-state index in [1.807, 2.05) is 0 Å². The topological polar surface area (TPSA) is 47.0 Å². The van der Waals surface area contributed by atoms with Gasteiger partial charge in [-0.2, -0.15) is 0 Å². The van der Waals surface area contributed by atoms with E-state index < -0.39 is 0 Å². The van der Waals surface area contributed by atoms with E-state index in [1.165, 1.54) is 7.11 Å². The molecule has 48 valence electrons. The van der Waals surface area contributed by atoms with E-state index in [4.69, 9.17) is 0 Å². The van der Waals surface area contributed by atoms with Gasteiger partial charge in [-0.1, -0.05) is 0 Å². The molecular weight excluding hydrogens is 118 g/mol. The van der Waals surface area contributed by atoms with Gasteiger partial charge in [0.05, 0.1) is 7.11 Å². The molecule has 0 radical (unpaired) electrons. The Bertz CT molecular complexity index is 165. The van der Waals surface area contributed by atoms with E-state index in [0.29, 0.717) is 5.95 Å². The van der Waals surface area contributed by atoms with Gasteiger partial charge in [0, 0.05) is 12.4 Å². The Kier molecular flexibility index (Phi) is 1.98. The minimum absolute atomic E-state index is 0.472. The van der Waals surface area contributed by atoms with Gasteiger partial charge in [0.25, 0.3) is 0 Å². The smallest absolute Gasteiger partial charge is 0.247 e. The van der Waals surface area contributed by atoms with E-state index in [0.717, 1.165) is 0 Å². The summed E-state index contributed by atoms with van der Waals surface area (Å²) < 4.78 is 0. The molecule has 0 unspecified atom stereocenters. The van der Waals surface area contributed by atoms with E-state index in [9.17, 15) is 0 Å². The Morgan fingerprint density at radius 1 is 1.44 bits per heavy atom. The predicted octanol–water partition coefficient (Wildman–Crippen LogP) is 0.450. The van der Waals surface area contributed by atoms with Crippen molar-refractivity contribution >= 4 is 5.95 Å². The first-order valence-electron chi connectivity index (χ1n) is 2.49. The predicted molar refractivity (Wildman–Crippen MR) is 32.7 cm³/mol. The van der Waals surface area contributed by atoms with Crippen molar-refractivity contribution in [3.63, 3.8) is 0 Å². The molecule has 4 nitrogen and oxygen atoms in total. The Morgan fingerprint density at radius 3 is 2.67 bits per heavy atom. The fourth-order valence-electron chi connectivity index (χ4n) is 0.443. The van der Waals surface area contributed by atoms with E-state index in [1.54, 1.807) is 18.5 Å². The molecule has 1 aromatic rings. The highest BCUT2D eigenvalue weighted by Gasteiger charge is 1.85. The standard InChI is InChI=1S/C5H7N3O/c1-9-8-5-6-3-2-4-7-5/h2-4H,1H3,(H,6,7,8). The number of nitrogens with one attached hydrogen (secondary N) is 1. The molecule has 0 fully saturated rings. The molecular formula is C5H7N3O. The summed E-state index contributed by atoms with van der Waals surface area (Å²) in [6.45, 7) is 0. The maximum atomic E-state index is 4.55. The normalized spacial score (nSPS) is 9.00. The third-order valence-corrected chi connectivity index (χ3v) is 0.759. The molecule has 0 aliphatic rings. The van der Waals surface area contributed by atoms with Crippen molar-refractivity contribution in [3.05, 3.63) is 18.5 Å². The van der Waals surface area contributed by atoms with Crippen LogP contribution in [0.3, 0.4) is 0 Å². The summed E-state index contributed by atoms with van der Waals surface area (Å²) in [5.74, 6) is 0.472. The van der Waals surface area contributed by atoms with E-state index >= 15 is 0 Å². The SMILES string of the molecule is CONc1ncccn1. The van der Waals surface area contributed by atoms with Crippen molar-refractivity contribution in [1.82, 2.24) is 9.97 Å². The Morgan fingerprint density at radius 2 is 2.11 bits per heavy atom. The Balaban J connectivity index is 2.61. The van der Waals surface area contributed by atoms with Crippen LogP contribution in [0.2, 0.25) is 0 Å². The zero-order chi connectivity index (χ0) is 6.53. The lowest BCUT2D eigenvalue weighted by molar-refractivity contribution is 0.267. The van der Waals surface area contributed by atoms with Crippen LogP contribution < -0.4 is 5.48 Å². The summed E-state index contributed by atoms with van der Waals surface area (Å²) in [5, 5.41) is 0. The second-order valence-electron chi connectivity index (χ2n) is 1.38. The van der Waals surface area contributed by atoms with Crippen LogP contribution in [-0.4, -0.2) is 17.1 Å². The van der Waals surface area contributed by atoms with Gasteiger partial charge in [-0.05, 0) is 6.07 Å². The molecule has 0 spiro atoms. The van der Waals surface area contributed by atoms with Gasteiger partial charge in [-0.3, -0.25) is 4.84 Å². The average molecular weight is 125 g/mol. The molecule has 0 bridgehead atoms. The molecule has 0 aromatic carbocycles. The van der Waals surface area contributed by atoms with Gasteiger partial charge in [0.15, 0.2) is 0 Å². The maximum absolute atomic E-state index is 4.55. The molecule has 1 rings (SSSR count). The molecule has 1 N–H and O–H groups in total. The highest BCUT2D eigenvalue weighted by Crippen LogP contribution is 1.90. The lowest BCUT2D eigenvalue weighted by Gasteiger charge is -1.96. The third kappa shape index (κ3) is 1.65. The van der Waals surface area contributed by atoms with Crippen LogP contribution in [0.25, 0.3) is 0 Å². The zero-order valence-electron chi connectivity index (χ0n) is 5.03. The molecule has 0 aliphatic heterocycles. The number of hydrogen-bond acceptors (Lipinski definition) is 4. The number of aromatic nitrogens is 2. The Labute approximate surface area is 52.9 Å². The molecule has 9 heavy (non-hydrogen) atoms. The molecule has 0 saturated carbocycles. The fourth-order valence-corrected chi connectivity index (χ4v) is 0.443. The van der Waals surface area contributed by atoms with Crippen molar-refractivity contribution < 1.29 is 4.84 Å². The van der Waals surface area contributed by atoms with Crippen LogP contribution in [-0.2, 0) is 4.84 Å². The first-order chi connectivity index (χ1) is 4.43. The molecule has 4 heteroatoms. The van der Waals surface area contributed by atoms with Crippen LogP contribution in [0.15, 0.2) is 18.5 Å². The first kappa shape index (κ1) is 5.97. The number of hydrogen-bond donors (Lipinski definition) is 1. The Hall–Kier alpha value is -1.16. The quantitative estimate of drug-likeness (QED) is 0.583. The molecule has 0 aliphatic carbocycles. The molecule has 0 amide bonds. The average Bonchev–Trinajstić information content (AvgIpc) is 1.91. The highest BCUT2D eigenvalue weighted by atomic mass is 16.6. The minimum atomic E-state index is 0.472. The molecule has 0 saturated heterocycles. The first-order valence-corrected chi connectivity index (χ1v) is 2.49. The van der Waals surface area contributed by atoms with Crippen molar-refractivity contribution in [2.24, 2.45) is 0 Å². The lowest BCUT2D eigenvalue weighted by Crippen LogP contribution is -1.99. The second kappa shape index (κ2) is 2.99. The summed E-state index contributed by atoms with van der Waals surface area (Å²) in [6, 6.07) is 1.74. The van der Waals surface area contributed by atoms with Crippen LogP contribution in [0.5, 0.6) is 0 Å². The minimum Gasteiger partial charge on any atom is -0.277 e. The van der Waals surface area contributed by atoms with Gasteiger partial charge in [0.2, 0.25) is 5.95 Å². The van der Waals surface area contributed by atoms with Gasteiger partial charge in [-0.15, -0.1) is 0 Å². The summed E-state index contributed by atoms with van der Waals surface area (Å²) in [6.07, 6.45) is 3.27. The third-order valence-electron chi connectivity index (χ3n) is 0.759. The molecule has 1 aromatic heterocycles. The zero-order valence-corrected chi connectivity index (χ0v) is 5.03. The van der Waals surface area contributed by atoms with Gasteiger partial charge < -0.3 is 0 Å². The monoisotopic (exact) mass is 125 g/mol.